The van der Waals surface area contributed by atoms with Crippen molar-refractivity contribution in [3.8, 4) is 0 Å². The Balaban J connectivity index is 2.11. The molecule has 1 unspecified atom stereocenters. The second kappa shape index (κ2) is 9.24. The maximum absolute atomic E-state index is 13.5. The Morgan fingerprint density at radius 2 is 1.90 bits per heavy atom. The third-order valence-electron chi connectivity index (χ3n) is 5.21. The summed E-state index contributed by atoms with van der Waals surface area (Å²) >= 11 is 0. The van der Waals surface area contributed by atoms with E-state index >= 15 is 0 Å². The third-order valence-corrected chi connectivity index (χ3v) is 5.21. The average Bonchev–Trinajstić information content (AvgIpc) is 3.24. The predicted molar refractivity (Wildman–Crippen MR) is 107 cm³/mol. The first-order chi connectivity index (χ1) is 13.5. The van der Waals surface area contributed by atoms with E-state index < -0.39 is 23.6 Å². The van der Waals surface area contributed by atoms with Crippen molar-refractivity contribution in [1.29, 1.82) is 0 Å². The molecule has 4 amide bonds. The Morgan fingerprint density at radius 1 is 1.24 bits per heavy atom. The number of rotatable bonds is 5. The molecule has 0 radical (unpaired) electrons. The van der Waals surface area contributed by atoms with Crippen molar-refractivity contribution in [3.05, 3.63) is 0 Å². The average molecular weight is 414 g/mol. The lowest BCUT2D eigenvalue weighted by Gasteiger charge is -2.39. The zero-order valence-electron chi connectivity index (χ0n) is 18.2. The van der Waals surface area contributed by atoms with Gasteiger partial charge >= 0.3 is 6.03 Å². The first-order valence-corrected chi connectivity index (χ1v) is 9.88. The number of amides is 4. The lowest BCUT2D eigenvalue weighted by molar-refractivity contribution is -0.147. The van der Waals surface area contributed by atoms with Gasteiger partial charge in [0, 0.05) is 47.2 Å². The van der Waals surface area contributed by atoms with Crippen molar-refractivity contribution in [2.24, 2.45) is 5.41 Å². The Hall–Kier alpha value is -1.95. The minimum atomic E-state index is -0.722. The molecule has 4 atom stereocenters. The van der Waals surface area contributed by atoms with Crippen molar-refractivity contribution in [3.63, 3.8) is 0 Å². The number of carbonyl (C=O) groups is 3. The second-order valence-corrected chi connectivity index (χ2v) is 8.96. The summed E-state index contributed by atoms with van der Waals surface area (Å²) in [7, 11) is 4.86. The lowest BCUT2D eigenvalue weighted by Crippen LogP contribution is -2.60. The van der Waals surface area contributed by atoms with E-state index in [2.05, 4.69) is 21.6 Å². The van der Waals surface area contributed by atoms with Gasteiger partial charge in [-0.15, -0.1) is 0 Å². The summed E-state index contributed by atoms with van der Waals surface area (Å²) in [4.78, 5) is 40.4. The molecule has 0 aliphatic carbocycles. The molecule has 2 aliphatic heterocycles. The van der Waals surface area contributed by atoms with Crippen LogP contribution in [0.3, 0.4) is 0 Å². The number of carbonyl (C=O) groups excluding carboxylic acids is 3. The molecule has 0 bridgehead atoms. The molecule has 2 aliphatic rings. The highest BCUT2D eigenvalue weighted by atomic mass is 16.3. The Labute approximate surface area is 172 Å². The van der Waals surface area contributed by atoms with Crippen molar-refractivity contribution < 1.29 is 19.5 Å². The zero-order chi connectivity index (χ0) is 21.9. The van der Waals surface area contributed by atoms with E-state index in [9.17, 15) is 19.5 Å². The molecule has 11 nitrogen and oxygen atoms in total. The molecule has 0 aromatic heterocycles. The van der Waals surface area contributed by atoms with Gasteiger partial charge in [0.1, 0.15) is 12.1 Å². The van der Waals surface area contributed by atoms with Gasteiger partial charge in [0.2, 0.25) is 11.8 Å². The Bertz CT molecular complexity index is 622. The van der Waals surface area contributed by atoms with E-state index in [0.29, 0.717) is 13.1 Å². The van der Waals surface area contributed by atoms with E-state index in [-0.39, 0.29) is 36.9 Å². The van der Waals surface area contributed by atoms with Crippen LogP contribution in [-0.2, 0) is 9.59 Å². The number of aliphatic hydroxyl groups is 1. The molecule has 0 aromatic carbocycles. The molecule has 166 valence electrons. The minimum Gasteiger partial charge on any atom is -0.391 e. The van der Waals surface area contributed by atoms with Gasteiger partial charge in [-0.3, -0.25) is 9.59 Å². The molecule has 2 heterocycles. The maximum Gasteiger partial charge on any atom is 0.316 e. The summed E-state index contributed by atoms with van der Waals surface area (Å²) < 4.78 is 0. The van der Waals surface area contributed by atoms with E-state index in [4.69, 9.17) is 0 Å². The molecule has 29 heavy (non-hydrogen) atoms. The van der Waals surface area contributed by atoms with Gasteiger partial charge in [0.05, 0.1) is 12.1 Å². The number of β-amino-alcohol motifs (C(OH)–C–C–N with tert-alkyl or cyclic N) is 1. The Kier molecular flexibility index (Phi) is 7.44. The van der Waals surface area contributed by atoms with Crippen LogP contribution in [0.25, 0.3) is 0 Å². The predicted octanol–water partition coefficient (Wildman–Crippen LogP) is -1.93. The summed E-state index contributed by atoms with van der Waals surface area (Å²) in [6.45, 7) is 6.89. The molecular formula is C18H35N7O4. The summed E-state index contributed by atoms with van der Waals surface area (Å²) in [5.74, 6) is -0.491. The third kappa shape index (κ3) is 5.56. The topological polar surface area (TPSA) is 129 Å². The minimum absolute atomic E-state index is 0.0875. The summed E-state index contributed by atoms with van der Waals surface area (Å²) in [5.41, 5.74) is 5.71. The van der Waals surface area contributed by atoms with E-state index in [1.54, 1.807) is 19.1 Å². The van der Waals surface area contributed by atoms with Gasteiger partial charge in [0.15, 0.2) is 0 Å². The maximum atomic E-state index is 13.5. The molecule has 11 heteroatoms. The summed E-state index contributed by atoms with van der Waals surface area (Å²) in [6.07, 6.45) is -0.492. The molecule has 5 N–H and O–H groups in total. The smallest absolute Gasteiger partial charge is 0.316 e. The van der Waals surface area contributed by atoms with Crippen LogP contribution in [0.2, 0.25) is 0 Å². The van der Waals surface area contributed by atoms with Crippen molar-refractivity contribution in [2.45, 2.75) is 51.4 Å². The number of hydrazine groups is 2. The fourth-order valence-electron chi connectivity index (χ4n) is 3.76. The molecule has 0 aromatic rings. The zero-order valence-corrected chi connectivity index (χ0v) is 18.2. The van der Waals surface area contributed by atoms with Crippen molar-refractivity contribution >= 4 is 17.8 Å². The van der Waals surface area contributed by atoms with Crippen LogP contribution in [-0.4, -0.2) is 103 Å². The number of aliphatic hydroxyl groups excluding tert-OH is 1. The first-order valence-electron chi connectivity index (χ1n) is 9.88. The summed E-state index contributed by atoms with van der Waals surface area (Å²) in [6, 6.07) is -1.52. The van der Waals surface area contributed by atoms with Crippen LogP contribution >= 0.6 is 0 Å². The van der Waals surface area contributed by atoms with Gasteiger partial charge in [0.25, 0.3) is 0 Å². The van der Waals surface area contributed by atoms with Gasteiger partial charge < -0.3 is 25.5 Å². The first kappa shape index (κ1) is 23.3. The number of nitrogens with zero attached hydrogens (tertiary/aromatic N) is 3. The van der Waals surface area contributed by atoms with Gasteiger partial charge in [-0.1, -0.05) is 20.8 Å². The highest BCUT2D eigenvalue weighted by Gasteiger charge is 2.47. The standard InChI is InChI=1S/C18H35N7O4/c1-18(2,3)14(16(28)24-10-12(26)7-13(24)15(27)19-4)25-9-11(21-22-25)8-20-17(29)23(5)6/h11-14,21-22,26H,7-10H2,1-6H3,(H,19,27)(H,20,29)/t11?,12-,13+,14-/m1/s1. The number of likely N-dealkylation sites (N-methyl/N-ethyl adjacent to an activating group) is 1. The highest BCUT2D eigenvalue weighted by molar-refractivity contribution is 5.90. The van der Waals surface area contributed by atoms with Crippen LogP contribution in [0.1, 0.15) is 27.2 Å². The molecule has 2 fully saturated rings. The second-order valence-electron chi connectivity index (χ2n) is 8.96. The van der Waals surface area contributed by atoms with Crippen LogP contribution in [0.15, 0.2) is 0 Å². The van der Waals surface area contributed by atoms with Crippen LogP contribution in [0, 0.1) is 5.41 Å². The SMILES string of the molecule is CNC(=O)[C@@H]1C[C@@H](O)CN1C(=O)[C@@H](N1CC(CNC(=O)N(C)C)NN1)C(C)(C)C. The van der Waals surface area contributed by atoms with Crippen LogP contribution < -0.4 is 21.6 Å². The van der Waals surface area contributed by atoms with Crippen LogP contribution in [0.5, 0.6) is 0 Å². The molecule has 2 saturated heterocycles. The largest absolute Gasteiger partial charge is 0.391 e. The normalized spacial score (nSPS) is 26.3. The molecule has 0 saturated carbocycles. The Morgan fingerprint density at radius 3 is 2.45 bits per heavy atom. The van der Waals surface area contributed by atoms with Crippen molar-refractivity contribution in [2.75, 3.05) is 40.8 Å². The van der Waals surface area contributed by atoms with Crippen molar-refractivity contribution in [1.82, 2.24) is 36.4 Å². The van der Waals surface area contributed by atoms with Gasteiger partial charge in [-0.2, -0.15) is 5.53 Å². The molecule has 2 rings (SSSR count). The summed E-state index contributed by atoms with van der Waals surface area (Å²) in [5, 5.41) is 17.3. The van der Waals surface area contributed by atoms with E-state index in [1.165, 1.54) is 16.8 Å². The fraction of sp³-hybridized carbons (Fsp3) is 0.833. The number of hydrogen-bond acceptors (Lipinski definition) is 7. The van der Waals surface area contributed by atoms with E-state index in [1.807, 2.05) is 20.8 Å². The number of urea groups is 1. The quantitative estimate of drug-likeness (QED) is 0.355. The lowest BCUT2D eigenvalue weighted by atomic mass is 9.85. The number of likely N-dealkylation sites (tertiary alicyclic amines) is 1. The van der Waals surface area contributed by atoms with Crippen LogP contribution in [0.4, 0.5) is 4.79 Å². The number of nitrogens with one attached hydrogen (secondary N) is 4. The number of hydrogen-bond donors (Lipinski definition) is 5. The van der Waals surface area contributed by atoms with E-state index in [0.717, 1.165) is 0 Å². The van der Waals surface area contributed by atoms with Gasteiger partial charge in [-0.25, -0.2) is 15.2 Å². The van der Waals surface area contributed by atoms with Gasteiger partial charge in [-0.05, 0) is 5.41 Å². The molecular weight excluding hydrogens is 378 g/mol. The molecule has 0 spiro atoms. The monoisotopic (exact) mass is 413 g/mol. The highest BCUT2D eigenvalue weighted by Crippen LogP contribution is 2.29. The fourth-order valence-corrected chi connectivity index (χ4v) is 3.76.